The van der Waals surface area contributed by atoms with E-state index in [1.54, 1.807) is 11.8 Å². The van der Waals surface area contributed by atoms with Gasteiger partial charge in [-0.15, -0.1) is 0 Å². The number of carbonyl (C=O) groups is 1. The van der Waals surface area contributed by atoms with Crippen LogP contribution in [0.2, 0.25) is 0 Å². The predicted molar refractivity (Wildman–Crippen MR) is 96.5 cm³/mol. The van der Waals surface area contributed by atoms with Crippen LogP contribution >= 0.6 is 11.8 Å². The number of aromatic nitrogens is 4. The maximum Gasteiger partial charge on any atom is 0.272 e. The number of imidazole rings is 1. The molecule has 0 radical (unpaired) electrons. The Hall–Kier alpha value is -1.80. The van der Waals surface area contributed by atoms with Crippen molar-refractivity contribution < 1.29 is 4.79 Å². The van der Waals surface area contributed by atoms with E-state index in [0.29, 0.717) is 18.3 Å². The molecule has 8 heteroatoms. The molecule has 25 heavy (non-hydrogen) atoms. The van der Waals surface area contributed by atoms with Gasteiger partial charge in [-0.2, -0.15) is 5.10 Å². The minimum absolute atomic E-state index is 0.127. The minimum atomic E-state index is -0.127. The lowest BCUT2D eigenvalue weighted by atomic mass is 10.2. The molecule has 0 aromatic carbocycles. The molecule has 0 bridgehead atoms. The zero-order chi connectivity index (χ0) is 17.4. The van der Waals surface area contributed by atoms with Crippen LogP contribution in [0.15, 0.2) is 17.4 Å². The monoisotopic (exact) mass is 360 g/mol. The molecule has 0 saturated carbocycles. The quantitative estimate of drug-likeness (QED) is 0.899. The molecule has 2 aromatic heterocycles. The second-order valence-corrected chi connectivity index (χ2v) is 7.96. The van der Waals surface area contributed by atoms with E-state index in [9.17, 15) is 4.79 Å². The topological polar surface area (TPSA) is 68.0 Å². The summed E-state index contributed by atoms with van der Waals surface area (Å²) in [5.41, 5.74) is 2.53. The molecule has 0 saturated heterocycles. The zero-order valence-corrected chi connectivity index (χ0v) is 15.6. The third-order valence-electron chi connectivity index (χ3n) is 4.79. The van der Waals surface area contributed by atoms with E-state index >= 15 is 0 Å². The third kappa shape index (κ3) is 3.46. The average molecular weight is 360 g/mol. The van der Waals surface area contributed by atoms with Gasteiger partial charge in [0.2, 0.25) is 0 Å². The van der Waals surface area contributed by atoms with Gasteiger partial charge in [0.05, 0.1) is 17.9 Å². The maximum atomic E-state index is 12.5. The lowest BCUT2D eigenvalue weighted by molar-refractivity contribution is 0.0944. The maximum absolute atomic E-state index is 12.5. The van der Waals surface area contributed by atoms with E-state index < -0.39 is 0 Å². The summed E-state index contributed by atoms with van der Waals surface area (Å²) in [4.78, 5) is 19.4. The Morgan fingerprint density at radius 2 is 2.24 bits per heavy atom. The Bertz CT molecular complexity index is 759. The molecule has 2 aliphatic rings. The molecule has 0 spiro atoms. The predicted octanol–water partition coefficient (Wildman–Crippen LogP) is 1.73. The van der Waals surface area contributed by atoms with Gasteiger partial charge in [0.1, 0.15) is 0 Å². The van der Waals surface area contributed by atoms with Crippen LogP contribution in [-0.2, 0) is 26.2 Å². The molecule has 4 heterocycles. The highest BCUT2D eigenvalue weighted by atomic mass is 32.2. The first-order valence-corrected chi connectivity index (χ1v) is 9.86. The first-order chi connectivity index (χ1) is 12.1. The van der Waals surface area contributed by atoms with Crippen molar-refractivity contribution in [3.05, 3.63) is 29.3 Å². The summed E-state index contributed by atoms with van der Waals surface area (Å²) in [7, 11) is 0. The summed E-state index contributed by atoms with van der Waals surface area (Å²) >= 11 is 1.76. The van der Waals surface area contributed by atoms with E-state index in [2.05, 4.69) is 38.7 Å². The molecular weight excluding hydrogens is 336 g/mol. The molecule has 2 aromatic rings. The van der Waals surface area contributed by atoms with Gasteiger partial charge in [-0.25, -0.2) is 4.98 Å². The fourth-order valence-corrected chi connectivity index (χ4v) is 4.31. The third-order valence-corrected chi connectivity index (χ3v) is 5.76. The molecule has 0 unspecified atom stereocenters. The van der Waals surface area contributed by atoms with Crippen molar-refractivity contribution >= 4 is 17.7 Å². The highest BCUT2D eigenvalue weighted by Crippen LogP contribution is 2.24. The van der Waals surface area contributed by atoms with Crippen molar-refractivity contribution in [2.24, 2.45) is 0 Å². The van der Waals surface area contributed by atoms with Crippen LogP contribution < -0.4 is 5.32 Å². The summed E-state index contributed by atoms with van der Waals surface area (Å²) in [5.74, 6) is 0.959. The Morgan fingerprint density at radius 1 is 1.36 bits per heavy atom. The van der Waals surface area contributed by atoms with Gasteiger partial charge in [-0.1, -0.05) is 11.8 Å². The van der Waals surface area contributed by atoms with Crippen LogP contribution in [0.4, 0.5) is 0 Å². The number of aryl methyl sites for hydroxylation is 2. The Kier molecular flexibility index (Phi) is 4.56. The highest BCUT2D eigenvalue weighted by Gasteiger charge is 2.21. The Balaban J connectivity index is 1.41. The van der Waals surface area contributed by atoms with Gasteiger partial charge in [0.25, 0.3) is 5.91 Å². The molecule has 4 rings (SSSR count). The van der Waals surface area contributed by atoms with Crippen molar-refractivity contribution in [2.45, 2.75) is 57.6 Å². The standard InChI is InChI=1S/C17H24N6OS/c1-12(2)21-4-3-5-23-14(11-21)8-15(20-23)16(24)18-9-13-10-22-6-7-25-17(22)19-13/h8,10,12H,3-7,9,11H2,1-2H3,(H,18,24). The van der Waals surface area contributed by atoms with Crippen molar-refractivity contribution in [1.82, 2.24) is 29.5 Å². The van der Waals surface area contributed by atoms with Crippen LogP contribution in [-0.4, -0.2) is 48.5 Å². The second-order valence-electron chi connectivity index (χ2n) is 6.90. The van der Waals surface area contributed by atoms with E-state index in [4.69, 9.17) is 0 Å². The molecular formula is C17H24N6OS. The highest BCUT2D eigenvalue weighted by molar-refractivity contribution is 7.99. The number of rotatable bonds is 4. The number of amides is 1. The van der Waals surface area contributed by atoms with Gasteiger partial charge >= 0.3 is 0 Å². The fraction of sp³-hybridized carbons (Fsp3) is 0.588. The first kappa shape index (κ1) is 16.7. The lowest BCUT2D eigenvalue weighted by Crippen LogP contribution is -2.30. The molecule has 7 nitrogen and oxygen atoms in total. The van der Waals surface area contributed by atoms with Gasteiger partial charge in [0.15, 0.2) is 10.9 Å². The largest absolute Gasteiger partial charge is 0.345 e. The van der Waals surface area contributed by atoms with Crippen LogP contribution in [0.3, 0.4) is 0 Å². The van der Waals surface area contributed by atoms with Crippen LogP contribution in [0.1, 0.15) is 42.1 Å². The zero-order valence-electron chi connectivity index (χ0n) is 14.7. The number of nitrogens with zero attached hydrogens (tertiary/aromatic N) is 5. The van der Waals surface area contributed by atoms with Crippen molar-refractivity contribution in [3.63, 3.8) is 0 Å². The lowest BCUT2D eigenvalue weighted by Gasteiger charge is -2.23. The first-order valence-electron chi connectivity index (χ1n) is 8.88. The van der Waals surface area contributed by atoms with Crippen molar-refractivity contribution in [3.8, 4) is 0 Å². The van der Waals surface area contributed by atoms with E-state index in [1.807, 2.05) is 16.9 Å². The van der Waals surface area contributed by atoms with Crippen LogP contribution in [0.5, 0.6) is 0 Å². The number of thioether (sulfide) groups is 1. The van der Waals surface area contributed by atoms with Gasteiger partial charge in [-0.3, -0.25) is 14.4 Å². The molecule has 2 aliphatic heterocycles. The second kappa shape index (κ2) is 6.84. The SMILES string of the molecule is CC(C)N1CCCn2nc(C(=O)NCc3cn4c(n3)SCC4)cc2C1. The fourth-order valence-electron chi connectivity index (χ4n) is 3.35. The number of fused-ring (bicyclic) bond motifs is 2. The Labute approximate surface area is 151 Å². The van der Waals surface area contributed by atoms with Gasteiger partial charge in [0, 0.05) is 44.2 Å². The molecule has 0 fully saturated rings. The van der Waals surface area contributed by atoms with Crippen molar-refractivity contribution in [2.75, 3.05) is 12.3 Å². The molecule has 0 aliphatic carbocycles. The summed E-state index contributed by atoms with van der Waals surface area (Å²) < 4.78 is 4.13. The number of hydrogen-bond donors (Lipinski definition) is 1. The minimum Gasteiger partial charge on any atom is -0.345 e. The summed E-state index contributed by atoms with van der Waals surface area (Å²) in [6.07, 6.45) is 3.09. The smallest absolute Gasteiger partial charge is 0.272 e. The number of hydrogen-bond acceptors (Lipinski definition) is 5. The van der Waals surface area contributed by atoms with Crippen LogP contribution in [0.25, 0.3) is 0 Å². The Morgan fingerprint density at radius 3 is 3.04 bits per heavy atom. The molecule has 134 valence electrons. The van der Waals surface area contributed by atoms with Gasteiger partial charge in [-0.05, 0) is 26.3 Å². The number of carbonyl (C=O) groups excluding carboxylic acids is 1. The van der Waals surface area contributed by atoms with E-state index in [1.165, 1.54) is 0 Å². The van der Waals surface area contributed by atoms with Crippen LogP contribution in [0, 0.1) is 0 Å². The molecule has 0 atom stereocenters. The summed E-state index contributed by atoms with van der Waals surface area (Å²) in [5, 5.41) is 8.51. The summed E-state index contributed by atoms with van der Waals surface area (Å²) in [6.45, 7) is 8.66. The number of nitrogens with one attached hydrogen (secondary N) is 1. The molecule has 1 N–H and O–H groups in total. The van der Waals surface area contributed by atoms with E-state index in [0.717, 1.165) is 54.9 Å². The average Bonchev–Trinajstić information content (AvgIpc) is 3.24. The van der Waals surface area contributed by atoms with E-state index in [-0.39, 0.29) is 5.91 Å². The van der Waals surface area contributed by atoms with Gasteiger partial charge < -0.3 is 9.88 Å². The summed E-state index contributed by atoms with van der Waals surface area (Å²) in [6, 6.07) is 2.43. The van der Waals surface area contributed by atoms with Crippen molar-refractivity contribution in [1.29, 1.82) is 0 Å². The molecule has 1 amide bonds. The normalized spacial score (nSPS) is 17.4.